The summed E-state index contributed by atoms with van der Waals surface area (Å²) in [6.07, 6.45) is 7.11. The van der Waals surface area contributed by atoms with E-state index >= 15 is 0 Å². The fourth-order valence-corrected chi connectivity index (χ4v) is 3.77. The van der Waals surface area contributed by atoms with E-state index in [2.05, 4.69) is 16.3 Å². The number of nitriles is 1. The van der Waals surface area contributed by atoms with E-state index in [1.807, 2.05) is 7.05 Å². The van der Waals surface area contributed by atoms with Gasteiger partial charge in [0.25, 0.3) is 0 Å². The highest BCUT2D eigenvalue weighted by molar-refractivity contribution is 5.79. The molecule has 0 spiro atoms. The van der Waals surface area contributed by atoms with Crippen molar-refractivity contribution in [1.29, 1.82) is 5.26 Å². The van der Waals surface area contributed by atoms with Gasteiger partial charge in [0.1, 0.15) is 5.54 Å². The van der Waals surface area contributed by atoms with E-state index in [1.165, 1.54) is 6.42 Å². The molecule has 2 fully saturated rings. The maximum Gasteiger partial charge on any atom is 0.235 e. The van der Waals surface area contributed by atoms with Gasteiger partial charge in [-0.25, -0.2) is 0 Å². The van der Waals surface area contributed by atoms with Gasteiger partial charge in [0.2, 0.25) is 5.91 Å². The number of nitrogens with two attached hydrogens (primary N) is 1. The third-order valence-corrected chi connectivity index (χ3v) is 4.93. The Morgan fingerprint density at radius 1 is 1.40 bits per heavy atom. The van der Waals surface area contributed by atoms with Crippen molar-refractivity contribution in [2.75, 3.05) is 20.1 Å². The van der Waals surface area contributed by atoms with Crippen molar-refractivity contribution in [2.24, 2.45) is 11.7 Å². The second-order valence-corrected chi connectivity index (χ2v) is 6.36. The van der Waals surface area contributed by atoms with Gasteiger partial charge < -0.3 is 11.1 Å². The SMILES string of the molecule is CN(CC(=O)NC1(C#N)CCCC1)C1CCCC1CN. The lowest BCUT2D eigenvalue weighted by atomic mass is 9.99. The first-order valence-corrected chi connectivity index (χ1v) is 7.73. The van der Waals surface area contributed by atoms with Crippen molar-refractivity contribution in [3.8, 4) is 6.07 Å². The summed E-state index contributed by atoms with van der Waals surface area (Å²) >= 11 is 0. The molecule has 2 aliphatic carbocycles. The monoisotopic (exact) mass is 278 g/mol. The molecular formula is C15H26N4O. The quantitative estimate of drug-likeness (QED) is 0.786. The second-order valence-electron chi connectivity index (χ2n) is 6.36. The Bertz CT molecular complexity index is 384. The van der Waals surface area contributed by atoms with Gasteiger partial charge in [-0.2, -0.15) is 5.26 Å². The number of nitrogens with zero attached hydrogens (tertiary/aromatic N) is 2. The highest BCUT2D eigenvalue weighted by Gasteiger charge is 2.36. The van der Waals surface area contributed by atoms with E-state index in [4.69, 9.17) is 5.73 Å². The van der Waals surface area contributed by atoms with Crippen LogP contribution in [0.25, 0.3) is 0 Å². The van der Waals surface area contributed by atoms with Crippen molar-refractivity contribution in [3.05, 3.63) is 0 Å². The van der Waals surface area contributed by atoms with E-state index in [9.17, 15) is 10.1 Å². The third kappa shape index (κ3) is 3.31. The molecule has 5 nitrogen and oxygen atoms in total. The molecule has 2 atom stereocenters. The number of carbonyl (C=O) groups is 1. The van der Waals surface area contributed by atoms with Crippen LogP contribution in [0.15, 0.2) is 0 Å². The van der Waals surface area contributed by atoms with Crippen LogP contribution in [0.1, 0.15) is 44.9 Å². The molecular weight excluding hydrogens is 252 g/mol. The molecule has 5 heteroatoms. The standard InChI is InChI=1S/C15H26N4O/c1-19(13-6-4-5-12(13)9-16)10-14(20)18-15(11-17)7-2-3-8-15/h12-13H,2-10,16H2,1H3,(H,18,20). The van der Waals surface area contributed by atoms with Crippen LogP contribution in [0.4, 0.5) is 0 Å². The maximum atomic E-state index is 12.2. The summed E-state index contributed by atoms with van der Waals surface area (Å²) in [5.41, 5.74) is 5.19. The molecule has 0 aliphatic heterocycles. The van der Waals surface area contributed by atoms with Gasteiger partial charge in [0.15, 0.2) is 0 Å². The van der Waals surface area contributed by atoms with Crippen molar-refractivity contribution >= 4 is 5.91 Å². The molecule has 112 valence electrons. The van der Waals surface area contributed by atoms with Crippen LogP contribution in [0, 0.1) is 17.2 Å². The smallest absolute Gasteiger partial charge is 0.235 e. The van der Waals surface area contributed by atoms with Crippen LogP contribution < -0.4 is 11.1 Å². The molecule has 1 amide bonds. The van der Waals surface area contributed by atoms with E-state index < -0.39 is 5.54 Å². The van der Waals surface area contributed by atoms with E-state index in [1.54, 1.807) is 0 Å². The zero-order valence-electron chi connectivity index (χ0n) is 12.4. The molecule has 2 rings (SSSR count). The number of carbonyl (C=O) groups excluding carboxylic acids is 1. The van der Waals surface area contributed by atoms with Crippen LogP contribution in [0.5, 0.6) is 0 Å². The lowest BCUT2D eigenvalue weighted by molar-refractivity contribution is -0.123. The molecule has 2 aliphatic rings. The molecule has 0 aromatic heterocycles. The Kier molecular flexibility index (Phi) is 5.00. The molecule has 0 radical (unpaired) electrons. The number of amides is 1. The average molecular weight is 278 g/mol. The normalized spacial score (nSPS) is 28.5. The minimum atomic E-state index is -0.610. The molecule has 0 bridgehead atoms. The summed E-state index contributed by atoms with van der Waals surface area (Å²) in [5.74, 6) is 0.475. The molecule has 0 heterocycles. The highest BCUT2D eigenvalue weighted by atomic mass is 16.2. The lowest BCUT2D eigenvalue weighted by Crippen LogP contribution is -2.50. The largest absolute Gasteiger partial charge is 0.337 e. The molecule has 20 heavy (non-hydrogen) atoms. The minimum Gasteiger partial charge on any atom is -0.337 e. The summed E-state index contributed by atoms with van der Waals surface area (Å²) in [6, 6.07) is 2.71. The highest BCUT2D eigenvalue weighted by Crippen LogP contribution is 2.30. The third-order valence-electron chi connectivity index (χ3n) is 4.93. The van der Waals surface area contributed by atoms with E-state index in [0.717, 1.165) is 38.5 Å². The van der Waals surface area contributed by atoms with Crippen molar-refractivity contribution in [3.63, 3.8) is 0 Å². The molecule has 2 saturated carbocycles. The average Bonchev–Trinajstić information content (AvgIpc) is 3.07. The molecule has 0 saturated heterocycles. The van der Waals surface area contributed by atoms with Gasteiger partial charge in [-0.05, 0) is 58.0 Å². The molecule has 3 N–H and O–H groups in total. The van der Waals surface area contributed by atoms with Crippen molar-refractivity contribution in [2.45, 2.75) is 56.5 Å². The first-order valence-electron chi connectivity index (χ1n) is 7.73. The predicted octanol–water partition coefficient (Wildman–Crippen LogP) is 0.998. The van der Waals surface area contributed by atoms with Gasteiger partial charge >= 0.3 is 0 Å². The molecule has 0 aromatic rings. The Labute approximate surface area is 121 Å². The predicted molar refractivity (Wildman–Crippen MR) is 77.8 cm³/mol. The Balaban J connectivity index is 1.86. The Hall–Kier alpha value is -1.12. The van der Waals surface area contributed by atoms with Gasteiger partial charge in [-0.3, -0.25) is 9.69 Å². The summed E-state index contributed by atoms with van der Waals surface area (Å²) in [7, 11) is 1.99. The Morgan fingerprint density at radius 3 is 2.70 bits per heavy atom. The summed E-state index contributed by atoms with van der Waals surface area (Å²) in [5, 5.41) is 12.3. The number of likely N-dealkylation sites (N-methyl/N-ethyl adjacent to an activating group) is 1. The summed E-state index contributed by atoms with van der Waals surface area (Å²) < 4.78 is 0. The fraction of sp³-hybridized carbons (Fsp3) is 0.867. The summed E-state index contributed by atoms with van der Waals surface area (Å²) in [6.45, 7) is 1.06. The number of rotatable bonds is 5. The zero-order chi connectivity index (χ0) is 14.6. The van der Waals surface area contributed by atoms with Crippen LogP contribution in [-0.4, -0.2) is 42.5 Å². The van der Waals surface area contributed by atoms with Crippen LogP contribution in [0.3, 0.4) is 0 Å². The second kappa shape index (κ2) is 6.55. The van der Waals surface area contributed by atoms with Crippen molar-refractivity contribution in [1.82, 2.24) is 10.2 Å². The van der Waals surface area contributed by atoms with Gasteiger partial charge in [0.05, 0.1) is 12.6 Å². The first kappa shape index (κ1) is 15.3. The van der Waals surface area contributed by atoms with Gasteiger partial charge in [-0.15, -0.1) is 0 Å². The minimum absolute atomic E-state index is 0.0291. The lowest BCUT2D eigenvalue weighted by Gasteiger charge is -2.30. The van der Waals surface area contributed by atoms with E-state index in [-0.39, 0.29) is 5.91 Å². The van der Waals surface area contributed by atoms with Crippen LogP contribution in [-0.2, 0) is 4.79 Å². The number of nitrogens with one attached hydrogen (secondary N) is 1. The van der Waals surface area contributed by atoms with E-state index in [0.29, 0.717) is 25.0 Å². The van der Waals surface area contributed by atoms with Gasteiger partial charge in [-0.1, -0.05) is 6.42 Å². The zero-order valence-corrected chi connectivity index (χ0v) is 12.4. The summed E-state index contributed by atoms with van der Waals surface area (Å²) in [4.78, 5) is 14.3. The molecule has 2 unspecified atom stereocenters. The topological polar surface area (TPSA) is 82.2 Å². The first-order chi connectivity index (χ1) is 9.60. The van der Waals surface area contributed by atoms with Gasteiger partial charge in [0, 0.05) is 6.04 Å². The maximum absolute atomic E-state index is 12.2. The number of hydrogen-bond donors (Lipinski definition) is 2. The van der Waals surface area contributed by atoms with Crippen LogP contribution >= 0.6 is 0 Å². The Morgan fingerprint density at radius 2 is 2.10 bits per heavy atom. The van der Waals surface area contributed by atoms with Crippen LogP contribution in [0.2, 0.25) is 0 Å². The van der Waals surface area contributed by atoms with Crippen molar-refractivity contribution < 1.29 is 4.79 Å². The molecule has 0 aromatic carbocycles. The number of hydrogen-bond acceptors (Lipinski definition) is 4. The fourth-order valence-electron chi connectivity index (χ4n) is 3.77.